The van der Waals surface area contributed by atoms with E-state index in [1.165, 1.54) is 19.1 Å². The Morgan fingerprint density at radius 3 is 2.33 bits per heavy atom. The molecule has 0 fully saturated rings. The van der Waals surface area contributed by atoms with Crippen LogP contribution in [0.25, 0.3) is 0 Å². The molecule has 0 aliphatic carbocycles. The van der Waals surface area contributed by atoms with Crippen molar-refractivity contribution in [3.8, 4) is 0 Å². The minimum atomic E-state index is -0.742. The largest absolute Gasteiger partial charge is 0.299 e. The number of hydrogen-bond acceptors (Lipinski definition) is 3. The fraction of sp³-hybridized carbons (Fsp3) is 0.200. The third-order valence-corrected chi connectivity index (χ3v) is 1.71. The Morgan fingerprint density at radius 2 is 1.87 bits per heavy atom. The number of anilines is 1. The fourth-order valence-corrected chi connectivity index (χ4v) is 1.01. The highest BCUT2D eigenvalue weighted by Gasteiger charge is 2.14. The zero-order valence-electron chi connectivity index (χ0n) is 8.11. The third-order valence-electron chi connectivity index (χ3n) is 1.71. The summed E-state index contributed by atoms with van der Waals surface area (Å²) in [4.78, 5) is 21.8. The lowest BCUT2D eigenvalue weighted by atomic mass is 10.2. The van der Waals surface area contributed by atoms with Gasteiger partial charge in [0.05, 0.1) is 12.1 Å². The number of carbonyl (C=O) groups excluding carboxylic acids is 2. The first-order chi connectivity index (χ1) is 7.00. The van der Waals surface area contributed by atoms with E-state index in [2.05, 4.69) is 0 Å². The van der Waals surface area contributed by atoms with Gasteiger partial charge >= 0.3 is 0 Å². The van der Waals surface area contributed by atoms with Crippen LogP contribution in [0.1, 0.15) is 13.3 Å². The zero-order valence-corrected chi connectivity index (χ0v) is 8.11. The van der Waals surface area contributed by atoms with Gasteiger partial charge in [-0.05, 0) is 31.2 Å². The highest BCUT2D eigenvalue weighted by atomic mass is 19.1. The van der Waals surface area contributed by atoms with E-state index in [0.717, 1.165) is 12.1 Å². The third kappa shape index (κ3) is 3.14. The Bertz CT molecular complexity index is 375. The summed E-state index contributed by atoms with van der Waals surface area (Å²) in [5.41, 5.74) is 0.127. The smallest absolute Gasteiger partial charge is 0.258 e. The van der Waals surface area contributed by atoms with E-state index < -0.39 is 11.7 Å². The lowest BCUT2D eigenvalue weighted by Gasteiger charge is -2.13. The first-order valence-electron chi connectivity index (χ1n) is 4.27. The Kier molecular flexibility index (Phi) is 3.51. The minimum Gasteiger partial charge on any atom is -0.299 e. The van der Waals surface area contributed by atoms with Crippen LogP contribution in [0.4, 0.5) is 10.1 Å². The monoisotopic (exact) mass is 211 g/mol. The molecule has 80 valence electrons. The molecular weight excluding hydrogens is 201 g/mol. The molecule has 0 aliphatic rings. The van der Waals surface area contributed by atoms with E-state index in [-0.39, 0.29) is 17.9 Å². The molecule has 0 saturated heterocycles. The highest BCUT2D eigenvalue weighted by molar-refractivity contribution is 6.03. The van der Waals surface area contributed by atoms with Crippen LogP contribution in [0.3, 0.4) is 0 Å². The van der Waals surface area contributed by atoms with Gasteiger partial charge in [-0.2, -0.15) is 5.06 Å². The molecule has 1 amide bonds. The number of hydrogen-bond donors (Lipinski definition) is 1. The summed E-state index contributed by atoms with van der Waals surface area (Å²) < 4.78 is 12.5. The Balaban J connectivity index is 2.76. The Hall–Kier alpha value is -1.75. The molecule has 0 unspecified atom stereocenters. The van der Waals surface area contributed by atoms with Crippen molar-refractivity contribution >= 4 is 17.4 Å². The predicted octanol–water partition coefficient (Wildman–Crippen LogP) is 1.53. The predicted molar refractivity (Wildman–Crippen MR) is 51.0 cm³/mol. The maximum atomic E-state index is 12.5. The van der Waals surface area contributed by atoms with E-state index in [4.69, 9.17) is 0 Å². The molecule has 0 aliphatic heterocycles. The highest BCUT2D eigenvalue weighted by Crippen LogP contribution is 2.13. The lowest BCUT2D eigenvalue weighted by molar-refractivity contribution is -0.128. The standard InChI is InChI=1S/C10H10FNO3/c1-7(13)6-10(14)12(15)9-4-2-8(11)3-5-9/h2-5,15H,6H2,1H3. The summed E-state index contributed by atoms with van der Waals surface area (Å²) in [5.74, 6) is -1.55. The van der Waals surface area contributed by atoms with E-state index in [0.29, 0.717) is 5.06 Å². The van der Waals surface area contributed by atoms with Crippen molar-refractivity contribution in [2.75, 3.05) is 5.06 Å². The molecule has 0 spiro atoms. The molecule has 1 aromatic carbocycles. The lowest BCUT2D eigenvalue weighted by Crippen LogP contribution is -2.28. The van der Waals surface area contributed by atoms with E-state index in [9.17, 15) is 19.2 Å². The van der Waals surface area contributed by atoms with Gasteiger partial charge in [0.25, 0.3) is 5.91 Å². The second-order valence-electron chi connectivity index (χ2n) is 3.06. The summed E-state index contributed by atoms with van der Waals surface area (Å²) in [7, 11) is 0. The maximum absolute atomic E-state index is 12.5. The number of rotatable bonds is 3. The number of ketones is 1. The molecule has 0 radical (unpaired) electrons. The van der Waals surface area contributed by atoms with Crippen molar-refractivity contribution in [3.05, 3.63) is 30.1 Å². The van der Waals surface area contributed by atoms with Crippen molar-refractivity contribution < 1.29 is 19.2 Å². The minimum absolute atomic E-state index is 0.127. The van der Waals surface area contributed by atoms with Gasteiger partial charge in [-0.15, -0.1) is 0 Å². The topological polar surface area (TPSA) is 57.6 Å². The van der Waals surface area contributed by atoms with Gasteiger partial charge in [-0.3, -0.25) is 14.8 Å². The second kappa shape index (κ2) is 4.65. The first kappa shape index (κ1) is 11.3. The summed E-state index contributed by atoms with van der Waals surface area (Å²) >= 11 is 0. The molecule has 4 nitrogen and oxygen atoms in total. The van der Waals surface area contributed by atoms with Gasteiger partial charge in [-0.25, -0.2) is 4.39 Å². The van der Waals surface area contributed by atoms with Crippen LogP contribution in [0, 0.1) is 5.82 Å². The second-order valence-corrected chi connectivity index (χ2v) is 3.06. The summed E-state index contributed by atoms with van der Waals surface area (Å²) in [6.07, 6.45) is -0.381. The van der Waals surface area contributed by atoms with E-state index in [1.54, 1.807) is 0 Å². The van der Waals surface area contributed by atoms with Gasteiger partial charge in [0, 0.05) is 0 Å². The van der Waals surface area contributed by atoms with Crippen LogP contribution in [0.5, 0.6) is 0 Å². The van der Waals surface area contributed by atoms with Crippen LogP contribution in [0.2, 0.25) is 0 Å². The number of Topliss-reactive ketones (excluding diaryl/α,β-unsaturated/α-hetero) is 1. The molecule has 5 heteroatoms. The quantitative estimate of drug-likeness (QED) is 0.468. The normalized spacial score (nSPS) is 9.80. The fourth-order valence-electron chi connectivity index (χ4n) is 1.01. The SMILES string of the molecule is CC(=O)CC(=O)N(O)c1ccc(F)cc1. The number of nitrogens with zero attached hydrogens (tertiary/aromatic N) is 1. The van der Waals surface area contributed by atoms with Gasteiger partial charge < -0.3 is 0 Å². The summed E-state index contributed by atoms with van der Waals surface area (Å²) in [5, 5.41) is 9.67. The molecule has 0 atom stereocenters. The molecule has 0 bridgehead atoms. The van der Waals surface area contributed by atoms with Crippen LogP contribution < -0.4 is 5.06 Å². The van der Waals surface area contributed by atoms with Crippen molar-refractivity contribution in [2.45, 2.75) is 13.3 Å². The summed E-state index contributed by atoms with van der Waals surface area (Å²) in [6, 6.07) is 4.71. The maximum Gasteiger partial charge on any atom is 0.258 e. The molecule has 15 heavy (non-hydrogen) atoms. The zero-order chi connectivity index (χ0) is 11.4. The van der Waals surface area contributed by atoms with Crippen molar-refractivity contribution in [3.63, 3.8) is 0 Å². The van der Waals surface area contributed by atoms with Crippen LogP contribution in [-0.2, 0) is 9.59 Å². The van der Waals surface area contributed by atoms with Crippen LogP contribution in [-0.4, -0.2) is 16.9 Å². The number of halogens is 1. The summed E-state index contributed by atoms with van der Waals surface area (Å²) in [6.45, 7) is 1.25. The molecule has 0 heterocycles. The van der Waals surface area contributed by atoms with Crippen molar-refractivity contribution in [1.82, 2.24) is 0 Å². The van der Waals surface area contributed by atoms with E-state index >= 15 is 0 Å². The molecule has 0 saturated carbocycles. The van der Waals surface area contributed by atoms with Crippen molar-refractivity contribution in [1.29, 1.82) is 0 Å². The van der Waals surface area contributed by atoms with Crippen molar-refractivity contribution in [2.24, 2.45) is 0 Å². The molecule has 1 N–H and O–H groups in total. The number of benzene rings is 1. The van der Waals surface area contributed by atoms with E-state index in [1.807, 2.05) is 0 Å². The van der Waals surface area contributed by atoms with Gasteiger partial charge in [0.1, 0.15) is 11.6 Å². The molecule has 1 rings (SSSR count). The Morgan fingerprint density at radius 1 is 1.33 bits per heavy atom. The number of amides is 1. The van der Waals surface area contributed by atoms with Gasteiger partial charge in [0.2, 0.25) is 0 Å². The molecular formula is C10H10FNO3. The average Bonchev–Trinajstić information content (AvgIpc) is 2.17. The molecule has 0 aromatic heterocycles. The van der Waals surface area contributed by atoms with Crippen LogP contribution in [0.15, 0.2) is 24.3 Å². The number of hydroxylamine groups is 1. The average molecular weight is 211 g/mol. The van der Waals surface area contributed by atoms with Gasteiger partial charge in [0.15, 0.2) is 0 Å². The Labute approximate surface area is 85.9 Å². The first-order valence-corrected chi connectivity index (χ1v) is 4.27. The van der Waals surface area contributed by atoms with Gasteiger partial charge in [-0.1, -0.05) is 0 Å². The molecule has 1 aromatic rings. The number of carbonyl (C=O) groups is 2. The van der Waals surface area contributed by atoms with Crippen LogP contribution >= 0.6 is 0 Å².